The zero-order valence-electron chi connectivity index (χ0n) is 12.1. The number of amides is 3. The SMILES string of the molecule is O=C1CC(N(C(=O)C=Cc2c(F)cccc2F)C2CC2)C(=O)N1. The second-order valence-electron chi connectivity index (χ2n) is 5.58. The van der Waals surface area contributed by atoms with Crippen molar-refractivity contribution in [1.82, 2.24) is 10.2 Å². The van der Waals surface area contributed by atoms with E-state index in [1.54, 1.807) is 0 Å². The molecule has 0 aromatic heterocycles. The molecule has 1 aromatic rings. The fraction of sp³-hybridized carbons (Fsp3) is 0.312. The van der Waals surface area contributed by atoms with Crippen molar-refractivity contribution in [2.24, 2.45) is 0 Å². The van der Waals surface area contributed by atoms with Crippen LogP contribution >= 0.6 is 0 Å². The van der Waals surface area contributed by atoms with Gasteiger partial charge >= 0.3 is 0 Å². The number of hydrogen-bond acceptors (Lipinski definition) is 3. The van der Waals surface area contributed by atoms with E-state index < -0.39 is 35.4 Å². The van der Waals surface area contributed by atoms with E-state index >= 15 is 0 Å². The Balaban J connectivity index is 1.81. The van der Waals surface area contributed by atoms with Gasteiger partial charge in [-0.2, -0.15) is 0 Å². The summed E-state index contributed by atoms with van der Waals surface area (Å²) in [5, 5.41) is 2.16. The summed E-state index contributed by atoms with van der Waals surface area (Å²) < 4.78 is 27.1. The van der Waals surface area contributed by atoms with Crippen LogP contribution in [-0.4, -0.2) is 34.7 Å². The van der Waals surface area contributed by atoms with Gasteiger partial charge in [-0.15, -0.1) is 0 Å². The van der Waals surface area contributed by atoms with Crippen molar-refractivity contribution in [3.8, 4) is 0 Å². The molecule has 1 unspecified atom stereocenters. The Morgan fingerprint density at radius 2 is 1.87 bits per heavy atom. The van der Waals surface area contributed by atoms with E-state index in [1.807, 2.05) is 0 Å². The van der Waals surface area contributed by atoms with Crippen molar-refractivity contribution >= 4 is 23.8 Å². The van der Waals surface area contributed by atoms with Gasteiger partial charge < -0.3 is 4.90 Å². The Morgan fingerprint density at radius 3 is 2.39 bits per heavy atom. The molecule has 1 atom stereocenters. The quantitative estimate of drug-likeness (QED) is 0.673. The maximum Gasteiger partial charge on any atom is 0.249 e. The Bertz CT molecular complexity index is 693. The number of benzene rings is 1. The number of rotatable bonds is 4. The smallest absolute Gasteiger partial charge is 0.249 e. The van der Waals surface area contributed by atoms with E-state index in [-0.39, 0.29) is 18.0 Å². The standard InChI is InChI=1S/C16H14F2N2O3/c17-11-2-1-3-12(18)10(11)6-7-15(22)20(9-4-5-9)13-8-14(21)19-16(13)23/h1-3,6-7,9,13H,4-5,8H2,(H,19,21,23). The molecule has 120 valence electrons. The first kappa shape index (κ1) is 15.3. The number of imide groups is 1. The molecule has 1 aromatic carbocycles. The highest BCUT2D eigenvalue weighted by atomic mass is 19.1. The fourth-order valence-electron chi connectivity index (χ4n) is 2.62. The van der Waals surface area contributed by atoms with E-state index in [4.69, 9.17) is 0 Å². The van der Waals surface area contributed by atoms with Crippen LogP contribution in [0.2, 0.25) is 0 Å². The van der Waals surface area contributed by atoms with Gasteiger partial charge in [-0.3, -0.25) is 19.7 Å². The molecule has 0 radical (unpaired) electrons. The Hall–Kier alpha value is -2.57. The van der Waals surface area contributed by atoms with Crippen molar-refractivity contribution in [1.29, 1.82) is 0 Å². The molecule has 0 bridgehead atoms. The average Bonchev–Trinajstić information content (AvgIpc) is 3.25. The first-order valence-corrected chi connectivity index (χ1v) is 7.25. The summed E-state index contributed by atoms with van der Waals surface area (Å²) in [4.78, 5) is 36.8. The summed E-state index contributed by atoms with van der Waals surface area (Å²) in [5.74, 6) is -3.03. The number of carbonyl (C=O) groups is 3. The van der Waals surface area contributed by atoms with E-state index in [0.29, 0.717) is 0 Å². The predicted octanol–water partition coefficient (Wildman–Crippen LogP) is 1.38. The Morgan fingerprint density at radius 1 is 1.22 bits per heavy atom. The second-order valence-corrected chi connectivity index (χ2v) is 5.58. The van der Waals surface area contributed by atoms with Crippen LogP contribution in [0.25, 0.3) is 6.08 Å². The van der Waals surface area contributed by atoms with E-state index in [0.717, 1.165) is 37.1 Å². The van der Waals surface area contributed by atoms with Gasteiger partial charge in [-0.1, -0.05) is 6.07 Å². The van der Waals surface area contributed by atoms with Crippen molar-refractivity contribution in [2.75, 3.05) is 0 Å². The van der Waals surface area contributed by atoms with Crippen LogP contribution in [0, 0.1) is 11.6 Å². The minimum absolute atomic E-state index is 0.0804. The molecule has 23 heavy (non-hydrogen) atoms. The molecule has 1 aliphatic heterocycles. The Labute approximate surface area is 131 Å². The maximum absolute atomic E-state index is 13.6. The summed E-state index contributed by atoms with van der Waals surface area (Å²) in [5.41, 5.74) is -0.316. The molecular formula is C16H14F2N2O3. The lowest BCUT2D eigenvalue weighted by molar-refractivity contribution is -0.135. The summed E-state index contributed by atoms with van der Waals surface area (Å²) in [6.45, 7) is 0. The first-order valence-electron chi connectivity index (χ1n) is 7.25. The Kier molecular flexibility index (Phi) is 3.94. The molecule has 2 fully saturated rings. The summed E-state index contributed by atoms with van der Waals surface area (Å²) in [7, 11) is 0. The van der Waals surface area contributed by atoms with Crippen molar-refractivity contribution in [3.05, 3.63) is 41.5 Å². The molecule has 5 nitrogen and oxygen atoms in total. The maximum atomic E-state index is 13.6. The van der Waals surface area contributed by atoms with Gasteiger partial charge in [0.1, 0.15) is 17.7 Å². The van der Waals surface area contributed by atoms with Crippen LogP contribution < -0.4 is 5.32 Å². The van der Waals surface area contributed by atoms with E-state index in [1.165, 1.54) is 11.0 Å². The fourth-order valence-corrected chi connectivity index (χ4v) is 2.62. The van der Waals surface area contributed by atoms with Crippen LogP contribution in [0.15, 0.2) is 24.3 Å². The predicted molar refractivity (Wildman–Crippen MR) is 76.8 cm³/mol. The zero-order valence-corrected chi connectivity index (χ0v) is 12.1. The number of halogens is 2. The van der Waals surface area contributed by atoms with Crippen molar-refractivity contribution in [3.63, 3.8) is 0 Å². The lowest BCUT2D eigenvalue weighted by atomic mass is 10.1. The first-order chi connectivity index (χ1) is 11.0. The summed E-state index contributed by atoms with van der Waals surface area (Å²) in [6, 6.07) is 2.45. The highest BCUT2D eigenvalue weighted by Crippen LogP contribution is 2.31. The highest BCUT2D eigenvalue weighted by molar-refractivity contribution is 6.08. The van der Waals surface area contributed by atoms with Crippen LogP contribution in [0.1, 0.15) is 24.8 Å². The van der Waals surface area contributed by atoms with Gasteiger partial charge in [0.2, 0.25) is 17.7 Å². The van der Waals surface area contributed by atoms with Gasteiger partial charge in [0.25, 0.3) is 0 Å². The van der Waals surface area contributed by atoms with Crippen LogP contribution in [-0.2, 0) is 14.4 Å². The second kappa shape index (κ2) is 5.91. The molecule has 2 aliphatic rings. The van der Waals surface area contributed by atoms with Crippen molar-refractivity contribution < 1.29 is 23.2 Å². The van der Waals surface area contributed by atoms with Gasteiger partial charge in [-0.05, 0) is 31.1 Å². The van der Waals surface area contributed by atoms with Crippen LogP contribution in [0.5, 0.6) is 0 Å². The molecule has 1 N–H and O–H groups in total. The zero-order chi connectivity index (χ0) is 16.6. The minimum Gasteiger partial charge on any atom is -0.324 e. The lowest BCUT2D eigenvalue weighted by Gasteiger charge is -2.25. The number of hydrogen-bond donors (Lipinski definition) is 1. The molecule has 1 saturated heterocycles. The molecule has 3 rings (SSSR count). The third-order valence-electron chi connectivity index (χ3n) is 3.87. The normalized spacial score (nSPS) is 20.9. The largest absolute Gasteiger partial charge is 0.324 e. The van der Waals surface area contributed by atoms with E-state index in [9.17, 15) is 23.2 Å². The molecule has 3 amide bonds. The van der Waals surface area contributed by atoms with Gasteiger partial charge in [0.05, 0.1) is 6.42 Å². The van der Waals surface area contributed by atoms with Gasteiger partial charge in [0, 0.05) is 17.7 Å². The van der Waals surface area contributed by atoms with Gasteiger partial charge in [-0.25, -0.2) is 8.78 Å². The number of carbonyl (C=O) groups excluding carboxylic acids is 3. The average molecular weight is 320 g/mol. The summed E-state index contributed by atoms with van der Waals surface area (Å²) >= 11 is 0. The minimum atomic E-state index is -0.849. The van der Waals surface area contributed by atoms with Gasteiger partial charge in [0.15, 0.2) is 0 Å². The van der Waals surface area contributed by atoms with Crippen LogP contribution in [0.3, 0.4) is 0 Å². The number of nitrogens with zero attached hydrogens (tertiary/aromatic N) is 1. The van der Waals surface area contributed by atoms with Crippen LogP contribution in [0.4, 0.5) is 8.78 Å². The summed E-state index contributed by atoms with van der Waals surface area (Å²) in [6.07, 6.45) is 3.49. The topological polar surface area (TPSA) is 66.5 Å². The lowest BCUT2D eigenvalue weighted by Crippen LogP contribution is -2.45. The van der Waals surface area contributed by atoms with E-state index in [2.05, 4.69) is 5.32 Å². The highest BCUT2D eigenvalue weighted by Gasteiger charge is 2.43. The third-order valence-corrected chi connectivity index (χ3v) is 3.87. The molecule has 1 aliphatic carbocycles. The molecule has 1 saturated carbocycles. The molecule has 0 spiro atoms. The molecular weight excluding hydrogens is 306 g/mol. The molecule has 7 heteroatoms. The monoisotopic (exact) mass is 320 g/mol. The molecule has 1 heterocycles. The number of nitrogens with one attached hydrogen (secondary N) is 1. The van der Waals surface area contributed by atoms with Crippen molar-refractivity contribution in [2.45, 2.75) is 31.3 Å². The third kappa shape index (κ3) is 3.13.